The molecule has 0 unspecified atom stereocenters. The third kappa shape index (κ3) is 2.13. The van der Waals surface area contributed by atoms with E-state index >= 15 is 0 Å². The average Bonchev–Trinajstić information content (AvgIpc) is 2.18. The largest absolute Gasteiger partial charge is 0.356 e. The van der Waals surface area contributed by atoms with Crippen LogP contribution >= 0.6 is 0 Å². The van der Waals surface area contributed by atoms with E-state index in [-0.39, 0.29) is 5.91 Å². The van der Waals surface area contributed by atoms with Crippen molar-refractivity contribution in [3.8, 4) is 0 Å². The predicted molar refractivity (Wildman–Crippen MR) is 39.8 cm³/mol. The van der Waals surface area contributed by atoms with Gasteiger partial charge in [-0.1, -0.05) is 11.5 Å². The van der Waals surface area contributed by atoms with Crippen LogP contribution in [-0.4, -0.2) is 18.5 Å². The second-order valence-electron chi connectivity index (χ2n) is 2.51. The highest BCUT2D eigenvalue weighted by molar-refractivity contribution is 5.82. The third-order valence-electron chi connectivity index (χ3n) is 1.70. The van der Waals surface area contributed by atoms with Crippen molar-refractivity contribution in [2.24, 2.45) is 5.11 Å². The van der Waals surface area contributed by atoms with Gasteiger partial charge in [-0.15, -0.1) is 0 Å². The molecule has 0 aromatic heterocycles. The summed E-state index contributed by atoms with van der Waals surface area (Å²) in [6, 6.07) is -0.484. The van der Waals surface area contributed by atoms with Gasteiger partial charge < -0.3 is 5.32 Å². The fourth-order valence-corrected chi connectivity index (χ4v) is 1.10. The normalized spacial score (nSPS) is 24.7. The molecule has 1 saturated heterocycles. The molecule has 0 aliphatic carbocycles. The Morgan fingerprint density at radius 1 is 1.64 bits per heavy atom. The maximum atomic E-state index is 11.0. The minimum atomic E-state index is -0.484. The van der Waals surface area contributed by atoms with E-state index in [2.05, 4.69) is 15.3 Å². The summed E-state index contributed by atoms with van der Waals surface area (Å²) in [5.74, 6) is -0.139. The van der Waals surface area contributed by atoms with Crippen LogP contribution in [-0.2, 0) is 4.79 Å². The van der Waals surface area contributed by atoms with Crippen LogP contribution in [0.25, 0.3) is 10.4 Å². The first-order chi connectivity index (χ1) is 5.34. The molecule has 11 heavy (non-hydrogen) atoms. The van der Waals surface area contributed by atoms with Crippen LogP contribution in [0.1, 0.15) is 19.3 Å². The smallest absolute Gasteiger partial charge is 0.229 e. The minimum absolute atomic E-state index is 0.139. The molecule has 5 heteroatoms. The number of nitrogens with zero attached hydrogens (tertiary/aromatic N) is 3. The van der Waals surface area contributed by atoms with Crippen molar-refractivity contribution in [2.45, 2.75) is 25.3 Å². The van der Waals surface area contributed by atoms with Crippen molar-refractivity contribution in [2.75, 3.05) is 6.54 Å². The second-order valence-corrected chi connectivity index (χ2v) is 2.51. The van der Waals surface area contributed by atoms with Gasteiger partial charge in [0.1, 0.15) is 6.04 Å². The number of hydrogen-bond acceptors (Lipinski definition) is 2. The van der Waals surface area contributed by atoms with Gasteiger partial charge in [-0.2, -0.15) is 0 Å². The second kappa shape index (κ2) is 3.83. The molecule has 60 valence electrons. The van der Waals surface area contributed by atoms with Crippen LogP contribution in [0.3, 0.4) is 0 Å². The van der Waals surface area contributed by atoms with Crippen molar-refractivity contribution in [3.63, 3.8) is 0 Å². The van der Waals surface area contributed by atoms with Gasteiger partial charge in [0.25, 0.3) is 0 Å². The zero-order valence-electron chi connectivity index (χ0n) is 6.16. The summed E-state index contributed by atoms with van der Waals surface area (Å²) in [5, 5.41) is 6.07. The highest BCUT2D eigenvalue weighted by Crippen LogP contribution is 2.08. The average molecular weight is 154 g/mol. The first-order valence-electron chi connectivity index (χ1n) is 3.66. The number of hydrogen-bond donors (Lipinski definition) is 1. The summed E-state index contributed by atoms with van der Waals surface area (Å²) in [5.41, 5.74) is 8.11. The Bertz CT molecular complexity index is 197. The van der Waals surface area contributed by atoms with Gasteiger partial charge >= 0.3 is 0 Å². The third-order valence-corrected chi connectivity index (χ3v) is 1.70. The van der Waals surface area contributed by atoms with Crippen molar-refractivity contribution in [1.82, 2.24) is 5.32 Å². The summed E-state index contributed by atoms with van der Waals surface area (Å²) in [6.07, 6.45) is 2.60. The molecule has 1 aliphatic rings. The van der Waals surface area contributed by atoms with Crippen LogP contribution in [0.15, 0.2) is 5.11 Å². The zero-order chi connectivity index (χ0) is 8.10. The molecule has 5 nitrogen and oxygen atoms in total. The Balaban J connectivity index is 2.59. The lowest BCUT2D eigenvalue weighted by atomic mass is 10.1. The van der Waals surface area contributed by atoms with Gasteiger partial charge in [-0.3, -0.25) is 4.79 Å². The van der Waals surface area contributed by atoms with E-state index in [1.165, 1.54) is 0 Å². The maximum absolute atomic E-state index is 11.0. The molecule has 0 bridgehead atoms. The molecular formula is C6H10N4O. The van der Waals surface area contributed by atoms with E-state index < -0.39 is 6.04 Å². The summed E-state index contributed by atoms with van der Waals surface area (Å²) in [4.78, 5) is 13.6. The quantitative estimate of drug-likeness (QED) is 0.341. The Kier molecular flexibility index (Phi) is 2.74. The maximum Gasteiger partial charge on any atom is 0.229 e. The van der Waals surface area contributed by atoms with E-state index in [1.807, 2.05) is 0 Å². The first-order valence-corrected chi connectivity index (χ1v) is 3.66. The number of azide groups is 1. The molecule has 1 atom stereocenters. The van der Waals surface area contributed by atoms with Crippen molar-refractivity contribution in [3.05, 3.63) is 10.4 Å². The number of carbonyl (C=O) groups is 1. The van der Waals surface area contributed by atoms with Crippen LogP contribution in [0.2, 0.25) is 0 Å². The van der Waals surface area contributed by atoms with Crippen LogP contribution in [0.4, 0.5) is 0 Å². The fraction of sp³-hybridized carbons (Fsp3) is 0.833. The standard InChI is InChI=1S/C6H10N4O/c7-10-9-5-3-1-2-4-8-6(5)11/h5H,1-4H2,(H,8,11)/t5-/m0/s1. The van der Waals surface area contributed by atoms with E-state index in [1.54, 1.807) is 0 Å². The molecule has 0 aromatic rings. The number of carbonyl (C=O) groups excluding carboxylic acids is 1. The first kappa shape index (κ1) is 7.88. The predicted octanol–water partition coefficient (Wildman–Crippen LogP) is 0.965. The van der Waals surface area contributed by atoms with E-state index in [0.717, 1.165) is 12.8 Å². The lowest BCUT2D eigenvalue weighted by Gasteiger charge is -2.03. The van der Waals surface area contributed by atoms with Gasteiger partial charge in [0.05, 0.1) is 0 Å². The lowest BCUT2D eigenvalue weighted by molar-refractivity contribution is -0.122. The molecule has 1 aliphatic heterocycles. The summed E-state index contributed by atoms with van der Waals surface area (Å²) in [7, 11) is 0. The summed E-state index contributed by atoms with van der Waals surface area (Å²) < 4.78 is 0. The zero-order valence-corrected chi connectivity index (χ0v) is 6.16. The van der Waals surface area contributed by atoms with Gasteiger partial charge in [0.2, 0.25) is 5.91 Å². The van der Waals surface area contributed by atoms with Gasteiger partial charge in [0.15, 0.2) is 0 Å². The molecule has 1 heterocycles. The van der Waals surface area contributed by atoms with Gasteiger partial charge in [0, 0.05) is 11.5 Å². The SMILES string of the molecule is [N-]=[N+]=N[C@H]1CCCCNC1=O. The van der Waals surface area contributed by atoms with Crippen molar-refractivity contribution < 1.29 is 4.79 Å². The Labute approximate surface area is 64.4 Å². The fourth-order valence-electron chi connectivity index (χ4n) is 1.10. The Morgan fingerprint density at radius 2 is 2.45 bits per heavy atom. The van der Waals surface area contributed by atoms with Crippen LogP contribution < -0.4 is 5.32 Å². The van der Waals surface area contributed by atoms with Gasteiger partial charge in [-0.25, -0.2) is 0 Å². The molecule has 0 spiro atoms. The molecule has 0 aromatic carbocycles. The molecule has 1 rings (SSSR count). The summed E-state index contributed by atoms with van der Waals surface area (Å²) in [6.45, 7) is 0.705. The minimum Gasteiger partial charge on any atom is -0.356 e. The number of amides is 1. The van der Waals surface area contributed by atoms with Crippen molar-refractivity contribution in [1.29, 1.82) is 0 Å². The molecule has 1 fully saturated rings. The topological polar surface area (TPSA) is 77.9 Å². The van der Waals surface area contributed by atoms with E-state index in [4.69, 9.17) is 5.53 Å². The molecule has 0 saturated carbocycles. The Morgan fingerprint density at radius 3 is 3.18 bits per heavy atom. The summed E-state index contributed by atoms with van der Waals surface area (Å²) >= 11 is 0. The van der Waals surface area contributed by atoms with Crippen molar-refractivity contribution >= 4 is 5.91 Å². The monoisotopic (exact) mass is 154 g/mol. The lowest BCUT2D eigenvalue weighted by Crippen LogP contribution is -2.31. The number of rotatable bonds is 1. The molecule has 0 radical (unpaired) electrons. The van der Waals surface area contributed by atoms with Crippen LogP contribution in [0.5, 0.6) is 0 Å². The molecule has 1 N–H and O–H groups in total. The highest BCUT2D eigenvalue weighted by atomic mass is 16.2. The highest BCUT2D eigenvalue weighted by Gasteiger charge is 2.18. The molecular weight excluding hydrogens is 144 g/mol. The van der Waals surface area contributed by atoms with E-state index in [9.17, 15) is 4.79 Å². The van der Waals surface area contributed by atoms with Crippen LogP contribution in [0, 0.1) is 0 Å². The van der Waals surface area contributed by atoms with E-state index in [0.29, 0.717) is 13.0 Å². The number of nitrogens with one attached hydrogen (secondary N) is 1. The van der Waals surface area contributed by atoms with Gasteiger partial charge in [-0.05, 0) is 18.4 Å². The molecule has 1 amide bonds. The Hall–Kier alpha value is -1.22.